The minimum atomic E-state index is -0.721. The van der Waals surface area contributed by atoms with Crippen molar-refractivity contribution < 1.29 is 9.31 Å². The number of hydrogen-bond donors (Lipinski definition) is 3. The van der Waals surface area contributed by atoms with Gasteiger partial charge in [0.2, 0.25) is 17.6 Å². The van der Waals surface area contributed by atoms with Gasteiger partial charge in [-0.05, 0) is 29.8 Å². The molecule has 4 N–H and O–H groups in total. The predicted molar refractivity (Wildman–Crippen MR) is 102 cm³/mol. The Balaban J connectivity index is 1.89. The van der Waals surface area contributed by atoms with E-state index in [9.17, 15) is 14.5 Å². The van der Waals surface area contributed by atoms with Crippen molar-refractivity contribution in [2.75, 3.05) is 16.4 Å². The lowest BCUT2D eigenvalue weighted by Gasteiger charge is -2.11. The summed E-state index contributed by atoms with van der Waals surface area (Å²) in [7, 11) is 0. The molecule has 2 aromatic carbocycles. The van der Waals surface area contributed by atoms with Crippen LogP contribution < -0.4 is 16.4 Å². The molecule has 0 bridgehead atoms. The maximum absolute atomic E-state index is 13.9. The van der Waals surface area contributed by atoms with Gasteiger partial charge < -0.3 is 16.4 Å². The van der Waals surface area contributed by atoms with E-state index in [-0.39, 0.29) is 23.3 Å². The average Bonchev–Trinajstić information content (AvgIpc) is 2.62. The van der Waals surface area contributed by atoms with E-state index in [4.69, 9.17) is 17.3 Å². The van der Waals surface area contributed by atoms with E-state index in [1.165, 1.54) is 18.2 Å². The number of nitro groups is 1. The van der Waals surface area contributed by atoms with E-state index in [0.29, 0.717) is 11.6 Å². The van der Waals surface area contributed by atoms with Crippen LogP contribution in [0.25, 0.3) is 0 Å². The van der Waals surface area contributed by atoms with Gasteiger partial charge in [0.1, 0.15) is 5.82 Å². The van der Waals surface area contributed by atoms with Crippen LogP contribution in [-0.4, -0.2) is 14.9 Å². The molecular formula is C17H14ClFN6O2. The van der Waals surface area contributed by atoms with E-state index in [1.54, 1.807) is 18.2 Å². The molecule has 0 atom stereocenters. The lowest BCUT2D eigenvalue weighted by molar-refractivity contribution is -0.383. The lowest BCUT2D eigenvalue weighted by Crippen LogP contribution is -2.11. The van der Waals surface area contributed by atoms with Crippen molar-refractivity contribution in [3.8, 4) is 0 Å². The van der Waals surface area contributed by atoms with Gasteiger partial charge in [0.25, 0.3) is 0 Å². The molecule has 0 unspecified atom stereocenters. The fourth-order valence-electron chi connectivity index (χ4n) is 2.29. The molecule has 0 amide bonds. The molecule has 3 rings (SSSR count). The Morgan fingerprint density at radius 1 is 1.15 bits per heavy atom. The highest BCUT2D eigenvalue weighted by atomic mass is 35.5. The quantitative estimate of drug-likeness (QED) is 0.429. The van der Waals surface area contributed by atoms with Crippen LogP contribution >= 0.6 is 11.6 Å². The third kappa shape index (κ3) is 4.39. The molecule has 0 radical (unpaired) electrons. The van der Waals surface area contributed by atoms with E-state index in [2.05, 4.69) is 20.6 Å². The average molecular weight is 389 g/mol. The molecule has 0 aliphatic rings. The molecule has 1 aromatic heterocycles. The first-order valence-corrected chi connectivity index (χ1v) is 8.13. The highest BCUT2D eigenvalue weighted by Crippen LogP contribution is 2.32. The van der Waals surface area contributed by atoms with E-state index >= 15 is 0 Å². The molecule has 27 heavy (non-hydrogen) atoms. The third-order valence-electron chi connectivity index (χ3n) is 3.58. The zero-order chi connectivity index (χ0) is 19.4. The number of rotatable bonds is 6. The Morgan fingerprint density at radius 3 is 2.52 bits per heavy atom. The molecule has 0 saturated carbocycles. The molecule has 0 saturated heterocycles. The van der Waals surface area contributed by atoms with Crippen LogP contribution in [0.5, 0.6) is 0 Å². The van der Waals surface area contributed by atoms with Crippen LogP contribution in [0.2, 0.25) is 5.02 Å². The Kier molecular flexibility index (Phi) is 5.32. The van der Waals surface area contributed by atoms with Gasteiger partial charge in [0, 0.05) is 11.6 Å². The molecule has 0 aliphatic carbocycles. The van der Waals surface area contributed by atoms with Gasteiger partial charge in [-0.15, -0.1) is 0 Å². The zero-order valence-corrected chi connectivity index (χ0v) is 14.6. The number of hydrogen-bond acceptors (Lipinski definition) is 7. The van der Waals surface area contributed by atoms with E-state index in [1.807, 2.05) is 12.1 Å². The highest BCUT2D eigenvalue weighted by Gasteiger charge is 2.24. The molecular weight excluding hydrogens is 375 g/mol. The minimum absolute atomic E-state index is 0.0300. The van der Waals surface area contributed by atoms with Gasteiger partial charge in [-0.25, -0.2) is 4.39 Å². The van der Waals surface area contributed by atoms with Crippen molar-refractivity contribution >= 4 is 40.6 Å². The molecule has 3 aromatic rings. The first kappa shape index (κ1) is 18.3. The smallest absolute Gasteiger partial charge is 0.353 e. The second kappa shape index (κ2) is 7.83. The molecule has 1 heterocycles. The number of nitrogen functional groups attached to an aromatic ring is 1. The van der Waals surface area contributed by atoms with Crippen LogP contribution in [0.4, 0.5) is 33.3 Å². The van der Waals surface area contributed by atoms with Gasteiger partial charge >= 0.3 is 5.69 Å². The number of nitrogens with zero attached hydrogens (tertiary/aromatic N) is 3. The zero-order valence-electron chi connectivity index (χ0n) is 13.8. The molecule has 138 valence electrons. The summed E-state index contributed by atoms with van der Waals surface area (Å²) in [5.41, 5.74) is 6.11. The maximum atomic E-state index is 13.9. The number of benzene rings is 2. The Hall–Kier alpha value is -3.46. The third-order valence-corrected chi connectivity index (χ3v) is 3.84. The normalized spacial score (nSPS) is 10.4. The van der Waals surface area contributed by atoms with Gasteiger partial charge in [-0.2, -0.15) is 9.97 Å². The number of nitrogens with one attached hydrogen (secondary N) is 2. The minimum Gasteiger partial charge on any atom is -0.378 e. The second-order valence-electron chi connectivity index (χ2n) is 5.47. The number of para-hydroxylation sites is 1. The summed E-state index contributed by atoms with van der Waals surface area (Å²) in [5.74, 6) is -1.07. The molecule has 0 aliphatic heterocycles. The van der Waals surface area contributed by atoms with E-state index in [0.717, 1.165) is 5.56 Å². The number of nitrogens with two attached hydrogens (primary N) is 1. The fourth-order valence-corrected chi connectivity index (χ4v) is 2.42. The standard InChI is InChI=1S/C17H14ClFN6O2/c18-11-7-5-10(6-8-11)9-21-17-23-15(20)14(25(26)27)16(24-17)22-13-4-2-1-3-12(13)19/h1-8H,9H2,(H4,20,21,22,23,24). The van der Waals surface area contributed by atoms with Crippen LogP contribution in [0.1, 0.15) is 5.56 Å². The molecule has 0 fully saturated rings. The topological polar surface area (TPSA) is 119 Å². The van der Waals surface area contributed by atoms with Gasteiger partial charge in [0.15, 0.2) is 0 Å². The van der Waals surface area contributed by atoms with Crippen LogP contribution in [0.15, 0.2) is 48.5 Å². The van der Waals surface area contributed by atoms with Crippen molar-refractivity contribution in [1.29, 1.82) is 0 Å². The van der Waals surface area contributed by atoms with Crippen molar-refractivity contribution in [2.45, 2.75) is 6.54 Å². The Morgan fingerprint density at radius 2 is 1.85 bits per heavy atom. The van der Waals surface area contributed by atoms with Crippen molar-refractivity contribution in [2.24, 2.45) is 0 Å². The first-order chi connectivity index (χ1) is 12.9. The van der Waals surface area contributed by atoms with Crippen molar-refractivity contribution in [3.63, 3.8) is 0 Å². The molecule has 8 nitrogen and oxygen atoms in total. The number of anilines is 4. The van der Waals surface area contributed by atoms with Crippen LogP contribution in [0, 0.1) is 15.9 Å². The Bertz CT molecular complexity index is 984. The van der Waals surface area contributed by atoms with Crippen molar-refractivity contribution in [1.82, 2.24) is 9.97 Å². The van der Waals surface area contributed by atoms with E-state index < -0.39 is 16.4 Å². The number of halogens is 2. The predicted octanol–water partition coefficient (Wildman–Crippen LogP) is 4.12. The largest absolute Gasteiger partial charge is 0.378 e. The van der Waals surface area contributed by atoms with Crippen LogP contribution in [-0.2, 0) is 6.54 Å². The maximum Gasteiger partial charge on any atom is 0.353 e. The fraction of sp³-hybridized carbons (Fsp3) is 0.0588. The summed E-state index contributed by atoms with van der Waals surface area (Å²) in [4.78, 5) is 18.6. The van der Waals surface area contributed by atoms with Gasteiger partial charge in [-0.1, -0.05) is 35.9 Å². The Labute approximate surface area is 158 Å². The number of aromatic nitrogens is 2. The van der Waals surface area contributed by atoms with Crippen LogP contribution in [0.3, 0.4) is 0 Å². The summed E-state index contributed by atoms with van der Waals surface area (Å²) >= 11 is 5.84. The molecule has 0 spiro atoms. The van der Waals surface area contributed by atoms with Gasteiger partial charge in [0.05, 0.1) is 10.6 Å². The summed E-state index contributed by atoms with van der Waals surface area (Å²) in [6.45, 7) is 0.341. The molecule has 10 heteroatoms. The summed E-state index contributed by atoms with van der Waals surface area (Å²) in [6, 6.07) is 12.8. The van der Waals surface area contributed by atoms with Gasteiger partial charge in [-0.3, -0.25) is 10.1 Å². The lowest BCUT2D eigenvalue weighted by atomic mass is 10.2. The summed E-state index contributed by atoms with van der Waals surface area (Å²) in [6.07, 6.45) is 0. The second-order valence-corrected chi connectivity index (χ2v) is 5.91. The SMILES string of the molecule is Nc1nc(NCc2ccc(Cl)cc2)nc(Nc2ccccc2F)c1[N+](=O)[O-]. The van der Waals surface area contributed by atoms with Crippen molar-refractivity contribution in [3.05, 3.63) is 75.0 Å². The summed E-state index contributed by atoms with van der Waals surface area (Å²) in [5, 5.41) is 17.5. The first-order valence-electron chi connectivity index (χ1n) is 7.76. The summed E-state index contributed by atoms with van der Waals surface area (Å²) < 4.78 is 13.9. The monoisotopic (exact) mass is 388 g/mol. The highest BCUT2D eigenvalue weighted by molar-refractivity contribution is 6.30.